The van der Waals surface area contributed by atoms with Gasteiger partial charge >= 0.3 is 0 Å². The summed E-state index contributed by atoms with van der Waals surface area (Å²) in [5.74, 6) is 0. The van der Waals surface area contributed by atoms with Crippen LogP contribution >= 0.6 is 0 Å². The molecule has 0 saturated carbocycles. The molecule has 1 unspecified atom stereocenters. The highest BCUT2D eigenvalue weighted by Gasteiger charge is 2.35. The van der Waals surface area contributed by atoms with Crippen molar-refractivity contribution in [2.45, 2.75) is 6.17 Å². The zero-order chi connectivity index (χ0) is 38.9. The molecule has 12 rings (SSSR count). The molecule has 0 bridgehead atoms. The predicted molar refractivity (Wildman–Crippen MR) is 247 cm³/mol. The Hall–Kier alpha value is -7.82. The molecule has 0 saturated heterocycles. The lowest BCUT2D eigenvalue weighted by Crippen LogP contribution is -2.23. The van der Waals surface area contributed by atoms with Gasteiger partial charge in [-0.1, -0.05) is 158 Å². The zero-order valence-corrected chi connectivity index (χ0v) is 32.2. The van der Waals surface area contributed by atoms with Crippen LogP contribution in [-0.2, 0) is 0 Å². The summed E-state index contributed by atoms with van der Waals surface area (Å²) in [5, 5.41) is 7.60. The Morgan fingerprint density at radius 2 is 1.02 bits per heavy atom. The SMILES string of the molecule is c1ccc(C2Nc3ccc(N4c5ccccc5-c5c(n(-c6ccc(-c7cccc8ccccc78)cc6)c6ccccc56)-c5ccccc54)cc3N2c2ccccc2)cc1. The van der Waals surface area contributed by atoms with Gasteiger partial charge in [-0.05, 0) is 88.1 Å². The normalized spacial score (nSPS) is 14.0. The molecule has 0 radical (unpaired) electrons. The Balaban J connectivity index is 1.06. The third-order valence-corrected chi connectivity index (χ3v) is 12.1. The molecule has 1 aromatic heterocycles. The highest BCUT2D eigenvalue weighted by Crippen LogP contribution is 2.56. The molecular weight excluding hydrogens is 717 g/mol. The van der Waals surface area contributed by atoms with Crippen LogP contribution in [0.5, 0.6) is 0 Å². The third kappa shape index (κ3) is 5.23. The first-order chi connectivity index (χ1) is 29.3. The molecule has 4 nitrogen and oxygen atoms in total. The molecule has 3 heterocycles. The van der Waals surface area contributed by atoms with Crippen LogP contribution in [-0.4, -0.2) is 4.57 Å². The molecule has 4 heteroatoms. The second kappa shape index (κ2) is 13.4. The molecule has 2 aliphatic rings. The fourth-order valence-corrected chi connectivity index (χ4v) is 9.54. The zero-order valence-electron chi connectivity index (χ0n) is 32.2. The average Bonchev–Trinajstić information content (AvgIpc) is 3.83. The molecule has 59 heavy (non-hydrogen) atoms. The molecule has 0 fully saturated rings. The van der Waals surface area contributed by atoms with Crippen LogP contribution < -0.4 is 15.1 Å². The number of rotatable bonds is 5. The van der Waals surface area contributed by atoms with Crippen LogP contribution in [0.15, 0.2) is 218 Å². The van der Waals surface area contributed by atoms with E-state index in [0.29, 0.717) is 0 Å². The van der Waals surface area contributed by atoms with E-state index in [0.717, 1.165) is 39.8 Å². The summed E-state index contributed by atoms with van der Waals surface area (Å²) in [7, 11) is 0. The second-order valence-corrected chi connectivity index (χ2v) is 15.4. The first-order valence-corrected chi connectivity index (χ1v) is 20.3. The quantitative estimate of drug-likeness (QED) is 0.189. The van der Waals surface area contributed by atoms with Gasteiger partial charge < -0.3 is 19.7 Å². The van der Waals surface area contributed by atoms with Gasteiger partial charge in [-0.3, -0.25) is 0 Å². The summed E-state index contributed by atoms with van der Waals surface area (Å²) in [6, 6.07) is 79.4. The molecule has 0 spiro atoms. The van der Waals surface area contributed by atoms with Crippen molar-refractivity contribution in [2.75, 3.05) is 15.1 Å². The molecular formula is C55H38N4. The second-order valence-electron chi connectivity index (χ2n) is 15.4. The molecule has 0 amide bonds. The summed E-state index contributed by atoms with van der Waals surface area (Å²) < 4.78 is 2.48. The highest BCUT2D eigenvalue weighted by molar-refractivity contribution is 6.13. The smallest absolute Gasteiger partial charge is 0.130 e. The third-order valence-electron chi connectivity index (χ3n) is 12.1. The van der Waals surface area contributed by atoms with Crippen molar-refractivity contribution in [3.63, 3.8) is 0 Å². The van der Waals surface area contributed by atoms with Crippen LogP contribution in [0.4, 0.5) is 34.1 Å². The number of fused-ring (bicyclic) bond motifs is 9. The number of nitrogens with one attached hydrogen (secondary N) is 1. The number of hydrogen-bond donors (Lipinski definition) is 1. The average molecular weight is 755 g/mol. The van der Waals surface area contributed by atoms with Gasteiger partial charge in [0.2, 0.25) is 0 Å². The van der Waals surface area contributed by atoms with Gasteiger partial charge in [-0.2, -0.15) is 0 Å². The maximum Gasteiger partial charge on any atom is 0.130 e. The van der Waals surface area contributed by atoms with E-state index in [2.05, 4.69) is 238 Å². The van der Waals surface area contributed by atoms with E-state index in [1.54, 1.807) is 0 Å². The van der Waals surface area contributed by atoms with Crippen LogP contribution in [0.25, 0.3) is 60.9 Å². The van der Waals surface area contributed by atoms with E-state index in [1.807, 2.05) is 0 Å². The van der Waals surface area contributed by atoms with Crippen LogP contribution in [0.2, 0.25) is 0 Å². The van der Waals surface area contributed by atoms with Gasteiger partial charge in [0.15, 0.2) is 0 Å². The van der Waals surface area contributed by atoms with Gasteiger partial charge in [0.05, 0.1) is 34.0 Å². The van der Waals surface area contributed by atoms with Crippen LogP contribution in [0.3, 0.4) is 0 Å². The number of benzene rings is 9. The first-order valence-electron chi connectivity index (χ1n) is 20.3. The standard InChI is InChI=1S/C55H38N4/c1-3-17-39(18-4-1)55-56-48-35-34-42(36-52(48)59(55)40-20-5-2-6-21-40)57-49-27-12-9-23-45(49)53-46-24-10-13-28-50(46)58(54(53)47-25-11-14-29-51(47)57)41-32-30-38(31-33-41)44-26-15-19-37-16-7-8-22-43(37)44/h1-36,55-56H. The summed E-state index contributed by atoms with van der Waals surface area (Å²) >= 11 is 0. The monoisotopic (exact) mass is 754 g/mol. The van der Waals surface area contributed by atoms with Gasteiger partial charge in [0.25, 0.3) is 0 Å². The minimum atomic E-state index is -0.0462. The maximum atomic E-state index is 3.86. The number of aromatic nitrogens is 1. The van der Waals surface area contributed by atoms with Crippen molar-refractivity contribution in [3.8, 4) is 39.2 Å². The van der Waals surface area contributed by atoms with Gasteiger partial charge in [-0.15, -0.1) is 0 Å². The van der Waals surface area contributed by atoms with Crippen molar-refractivity contribution in [2.24, 2.45) is 0 Å². The van der Waals surface area contributed by atoms with Crippen LogP contribution in [0, 0.1) is 0 Å². The Bertz CT molecular complexity index is 3200. The van der Waals surface area contributed by atoms with E-state index in [4.69, 9.17) is 0 Å². The van der Waals surface area contributed by atoms with Gasteiger partial charge in [0.1, 0.15) is 6.17 Å². The largest absolute Gasteiger partial charge is 0.359 e. The molecule has 0 aliphatic carbocycles. The number of para-hydroxylation sites is 4. The molecule has 278 valence electrons. The minimum absolute atomic E-state index is 0.0462. The number of anilines is 6. The minimum Gasteiger partial charge on any atom is -0.359 e. The van der Waals surface area contributed by atoms with Gasteiger partial charge in [0, 0.05) is 39.1 Å². The van der Waals surface area contributed by atoms with Gasteiger partial charge in [-0.25, -0.2) is 0 Å². The molecule has 9 aromatic carbocycles. The molecule has 10 aromatic rings. The van der Waals surface area contributed by atoms with Crippen molar-refractivity contribution in [1.29, 1.82) is 0 Å². The lowest BCUT2D eigenvalue weighted by molar-refractivity contribution is 0.828. The summed E-state index contributed by atoms with van der Waals surface area (Å²) in [5.41, 5.74) is 17.5. The number of nitrogens with zero attached hydrogens (tertiary/aromatic N) is 3. The van der Waals surface area contributed by atoms with E-state index in [9.17, 15) is 0 Å². The molecule has 1 N–H and O–H groups in total. The Kier molecular flexibility index (Phi) is 7.57. The summed E-state index contributed by atoms with van der Waals surface area (Å²) in [4.78, 5) is 4.90. The summed E-state index contributed by atoms with van der Waals surface area (Å²) in [6.45, 7) is 0. The number of hydrogen-bond acceptors (Lipinski definition) is 3. The summed E-state index contributed by atoms with van der Waals surface area (Å²) in [6.07, 6.45) is -0.0462. The van der Waals surface area contributed by atoms with Crippen molar-refractivity contribution in [3.05, 3.63) is 224 Å². The lowest BCUT2D eigenvalue weighted by atomic mass is 9.97. The Morgan fingerprint density at radius 3 is 1.83 bits per heavy atom. The van der Waals surface area contributed by atoms with E-state index in [-0.39, 0.29) is 6.17 Å². The predicted octanol–water partition coefficient (Wildman–Crippen LogP) is 14.8. The maximum absolute atomic E-state index is 3.86. The van der Waals surface area contributed by atoms with Crippen molar-refractivity contribution in [1.82, 2.24) is 4.57 Å². The fourth-order valence-electron chi connectivity index (χ4n) is 9.54. The van der Waals surface area contributed by atoms with E-state index < -0.39 is 0 Å². The topological polar surface area (TPSA) is 23.4 Å². The first kappa shape index (κ1) is 33.3. The Morgan fingerprint density at radius 1 is 0.407 bits per heavy atom. The molecule has 1 atom stereocenters. The Labute approximate surface area is 343 Å². The van der Waals surface area contributed by atoms with Crippen molar-refractivity contribution >= 4 is 55.8 Å². The van der Waals surface area contributed by atoms with E-state index in [1.165, 1.54) is 60.8 Å². The lowest BCUT2D eigenvalue weighted by Gasteiger charge is -2.30. The fraction of sp³-hybridized carbons (Fsp3) is 0.0182. The van der Waals surface area contributed by atoms with Crippen LogP contribution in [0.1, 0.15) is 11.7 Å². The molecule has 2 aliphatic heterocycles. The van der Waals surface area contributed by atoms with Crippen molar-refractivity contribution < 1.29 is 0 Å². The van der Waals surface area contributed by atoms with E-state index >= 15 is 0 Å². The highest BCUT2D eigenvalue weighted by atomic mass is 15.3.